The van der Waals surface area contributed by atoms with E-state index >= 15 is 0 Å². The summed E-state index contributed by atoms with van der Waals surface area (Å²) in [6.45, 7) is 0.440. The van der Waals surface area contributed by atoms with Crippen LogP contribution < -0.4 is 5.73 Å². The zero-order valence-electron chi connectivity index (χ0n) is 8.44. The highest BCUT2D eigenvalue weighted by atomic mass is 32.2. The van der Waals surface area contributed by atoms with E-state index in [4.69, 9.17) is 5.73 Å². The number of nitrogens with zero attached hydrogens (tertiary/aromatic N) is 1. The van der Waals surface area contributed by atoms with E-state index in [1.54, 1.807) is 0 Å². The van der Waals surface area contributed by atoms with Gasteiger partial charge < -0.3 is 5.73 Å². The van der Waals surface area contributed by atoms with Crippen LogP contribution in [0.4, 0.5) is 0 Å². The summed E-state index contributed by atoms with van der Waals surface area (Å²) >= 11 is 0. The van der Waals surface area contributed by atoms with Gasteiger partial charge in [0, 0.05) is 12.2 Å². The van der Waals surface area contributed by atoms with E-state index in [0.717, 1.165) is 24.2 Å². The van der Waals surface area contributed by atoms with Crippen molar-refractivity contribution in [3.63, 3.8) is 0 Å². The lowest BCUT2D eigenvalue weighted by molar-refractivity contribution is 0.576. The highest BCUT2D eigenvalue weighted by molar-refractivity contribution is 7.91. The number of aromatic nitrogens is 2. The summed E-state index contributed by atoms with van der Waals surface area (Å²) in [5.74, 6) is 0.854. The van der Waals surface area contributed by atoms with Crippen LogP contribution >= 0.6 is 0 Å². The van der Waals surface area contributed by atoms with Gasteiger partial charge in [0.15, 0.2) is 9.84 Å². The number of H-pyrrole nitrogens is 1. The normalized spacial score (nSPS) is 24.5. The van der Waals surface area contributed by atoms with Gasteiger partial charge in [-0.2, -0.15) is 5.10 Å². The van der Waals surface area contributed by atoms with Crippen molar-refractivity contribution in [2.24, 2.45) is 11.7 Å². The van der Waals surface area contributed by atoms with Gasteiger partial charge in [0.05, 0.1) is 17.2 Å². The van der Waals surface area contributed by atoms with Crippen LogP contribution in [0.1, 0.15) is 17.8 Å². The highest BCUT2D eigenvalue weighted by Gasteiger charge is 2.28. The maximum atomic E-state index is 11.2. The first kappa shape index (κ1) is 10.6. The van der Waals surface area contributed by atoms with Gasteiger partial charge in [-0.3, -0.25) is 5.10 Å². The topological polar surface area (TPSA) is 88.8 Å². The minimum Gasteiger partial charge on any atom is -0.325 e. The van der Waals surface area contributed by atoms with Gasteiger partial charge in [0.2, 0.25) is 0 Å². The molecule has 2 rings (SSSR count). The van der Waals surface area contributed by atoms with E-state index in [2.05, 4.69) is 10.2 Å². The van der Waals surface area contributed by atoms with Crippen LogP contribution in [0.15, 0.2) is 6.07 Å². The molecule has 5 nitrogen and oxygen atoms in total. The van der Waals surface area contributed by atoms with E-state index in [1.807, 2.05) is 6.07 Å². The SMILES string of the molecule is NCc1cc(CC2CCS(=O)(=O)C2)n[nH]1. The Kier molecular flexibility index (Phi) is 2.79. The van der Waals surface area contributed by atoms with Crippen molar-refractivity contribution in [1.82, 2.24) is 10.2 Å². The number of aromatic amines is 1. The smallest absolute Gasteiger partial charge is 0.150 e. The minimum absolute atomic E-state index is 0.226. The molecule has 84 valence electrons. The van der Waals surface area contributed by atoms with Crippen LogP contribution in [-0.2, 0) is 22.8 Å². The van der Waals surface area contributed by atoms with Gasteiger partial charge in [-0.05, 0) is 24.8 Å². The van der Waals surface area contributed by atoms with Crippen molar-refractivity contribution in [1.29, 1.82) is 0 Å². The fourth-order valence-electron chi connectivity index (χ4n) is 1.95. The van der Waals surface area contributed by atoms with Gasteiger partial charge in [-0.15, -0.1) is 0 Å². The minimum atomic E-state index is -2.78. The zero-order valence-corrected chi connectivity index (χ0v) is 9.26. The van der Waals surface area contributed by atoms with Crippen LogP contribution in [0.5, 0.6) is 0 Å². The summed E-state index contributed by atoms with van der Waals surface area (Å²) in [6.07, 6.45) is 1.49. The van der Waals surface area contributed by atoms with Gasteiger partial charge in [0.1, 0.15) is 0 Å². The molecule has 0 aromatic carbocycles. The van der Waals surface area contributed by atoms with E-state index < -0.39 is 9.84 Å². The standard InChI is InChI=1S/C9H15N3O2S/c10-5-9-4-8(11-12-9)3-7-1-2-15(13,14)6-7/h4,7H,1-3,5-6,10H2,(H,11,12). The van der Waals surface area contributed by atoms with Gasteiger partial charge in [0.25, 0.3) is 0 Å². The first-order valence-electron chi connectivity index (χ1n) is 5.03. The van der Waals surface area contributed by atoms with Crippen molar-refractivity contribution in [2.75, 3.05) is 11.5 Å². The predicted octanol–water partition coefficient (Wildman–Crippen LogP) is -0.154. The molecule has 1 aromatic heterocycles. The third kappa shape index (κ3) is 2.57. The Labute approximate surface area is 89.0 Å². The fourth-order valence-corrected chi connectivity index (χ4v) is 3.81. The predicted molar refractivity (Wildman–Crippen MR) is 56.9 cm³/mol. The molecule has 0 amide bonds. The Balaban J connectivity index is 1.98. The third-order valence-electron chi connectivity index (χ3n) is 2.73. The molecule has 3 N–H and O–H groups in total. The zero-order chi connectivity index (χ0) is 10.9. The number of hydrogen-bond acceptors (Lipinski definition) is 4. The highest BCUT2D eigenvalue weighted by Crippen LogP contribution is 2.21. The number of hydrogen-bond donors (Lipinski definition) is 2. The Hall–Kier alpha value is -0.880. The molecule has 1 saturated heterocycles. The van der Waals surface area contributed by atoms with Crippen LogP contribution in [0.2, 0.25) is 0 Å². The van der Waals surface area contributed by atoms with E-state index in [1.165, 1.54) is 0 Å². The molecule has 0 spiro atoms. The van der Waals surface area contributed by atoms with Crippen molar-refractivity contribution >= 4 is 9.84 Å². The number of nitrogens with two attached hydrogens (primary N) is 1. The second-order valence-electron chi connectivity index (χ2n) is 4.06. The monoisotopic (exact) mass is 229 g/mol. The molecular weight excluding hydrogens is 214 g/mol. The lowest BCUT2D eigenvalue weighted by Gasteiger charge is -2.02. The second-order valence-corrected chi connectivity index (χ2v) is 6.29. The van der Waals surface area contributed by atoms with Gasteiger partial charge in [-0.1, -0.05) is 0 Å². The van der Waals surface area contributed by atoms with Crippen LogP contribution in [-0.4, -0.2) is 30.1 Å². The quantitative estimate of drug-likeness (QED) is 0.754. The summed E-state index contributed by atoms with van der Waals surface area (Å²) in [5.41, 5.74) is 7.26. The van der Waals surface area contributed by atoms with Crippen molar-refractivity contribution < 1.29 is 8.42 Å². The van der Waals surface area contributed by atoms with Gasteiger partial charge >= 0.3 is 0 Å². The molecule has 0 aliphatic carbocycles. The van der Waals surface area contributed by atoms with Crippen molar-refractivity contribution in [2.45, 2.75) is 19.4 Å². The molecule has 1 fully saturated rings. The van der Waals surface area contributed by atoms with Crippen molar-refractivity contribution in [3.8, 4) is 0 Å². The average Bonchev–Trinajstić information content (AvgIpc) is 2.73. The Morgan fingerprint density at radius 2 is 2.40 bits per heavy atom. The van der Waals surface area contributed by atoms with Crippen LogP contribution in [0, 0.1) is 5.92 Å². The fraction of sp³-hybridized carbons (Fsp3) is 0.667. The molecule has 1 aliphatic rings. The molecule has 1 aliphatic heterocycles. The summed E-state index contributed by atoms with van der Waals surface area (Å²) in [7, 11) is -2.78. The van der Waals surface area contributed by atoms with E-state index in [-0.39, 0.29) is 5.92 Å². The maximum Gasteiger partial charge on any atom is 0.150 e. The Morgan fingerprint density at radius 1 is 1.60 bits per heavy atom. The lowest BCUT2D eigenvalue weighted by atomic mass is 10.0. The Morgan fingerprint density at radius 3 is 2.93 bits per heavy atom. The molecule has 1 aromatic rings. The molecule has 15 heavy (non-hydrogen) atoms. The summed E-state index contributed by atoms with van der Waals surface area (Å²) in [6, 6.07) is 1.91. The number of rotatable bonds is 3. The lowest BCUT2D eigenvalue weighted by Crippen LogP contribution is -2.07. The summed E-state index contributed by atoms with van der Waals surface area (Å²) in [4.78, 5) is 0. The van der Waals surface area contributed by atoms with Crippen LogP contribution in [0.25, 0.3) is 0 Å². The second kappa shape index (κ2) is 3.94. The number of sulfone groups is 1. The first-order valence-corrected chi connectivity index (χ1v) is 6.85. The first-order chi connectivity index (χ1) is 7.09. The van der Waals surface area contributed by atoms with Crippen molar-refractivity contribution in [3.05, 3.63) is 17.5 Å². The largest absolute Gasteiger partial charge is 0.325 e. The van der Waals surface area contributed by atoms with E-state index in [9.17, 15) is 8.42 Å². The number of nitrogens with one attached hydrogen (secondary N) is 1. The molecular formula is C9H15N3O2S. The molecule has 0 saturated carbocycles. The molecule has 2 heterocycles. The Bertz CT molecular complexity index is 438. The molecule has 1 unspecified atom stereocenters. The summed E-state index contributed by atoms with van der Waals surface area (Å²) in [5, 5.41) is 6.92. The van der Waals surface area contributed by atoms with E-state index in [0.29, 0.717) is 18.1 Å². The molecule has 6 heteroatoms. The van der Waals surface area contributed by atoms with Crippen LogP contribution in [0.3, 0.4) is 0 Å². The maximum absolute atomic E-state index is 11.2. The molecule has 1 atom stereocenters. The molecule has 0 radical (unpaired) electrons. The third-order valence-corrected chi connectivity index (χ3v) is 4.57. The van der Waals surface area contributed by atoms with Gasteiger partial charge in [-0.25, -0.2) is 8.42 Å². The molecule has 0 bridgehead atoms. The average molecular weight is 229 g/mol. The summed E-state index contributed by atoms with van der Waals surface area (Å²) < 4.78 is 22.5.